The topological polar surface area (TPSA) is 37.2 Å². The molecule has 0 radical (unpaired) electrons. The van der Waals surface area contributed by atoms with Gasteiger partial charge in [0.25, 0.3) is 0 Å². The quantitative estimate of drug-likeness (QED) is 0.884. The maximum Gasteiger partial charge on any atom is 0.0505 e. The number of fused-ring (bicyclic) bond motifs is 1. The Balaban J connectivity index is 2.11. The van der Waals surface area contributed by atoms with Crippen LogP contribution >= 0.6 is 0 Å². The molecule has 0 spiro atoms. The van der Waals surface area contributed by atoms with Gasteiger partial charge in [0, 0.05) is 35.6 Å². The minimum Gasteiger partial charge on any atom is -0.396 e. The monoisotopic (exact) mass is 258 g/mol. The van der Waals surface area contributed by atoms with Crippen LogP contribution in [-0.2, 0) is 7.05 Å². The summed E-state index contributed by atoms with van der Waals surface area (Å²) in [6.45, 7) is 0.266. The Hall–Kier alpha value is -1.32. The third kappa shape index (κ3) is 1.80. The van der Waals surface area contributed by atoms with E-state index in [1.165, 1.54) is 22.9 Å². The number of hydrogen-bond donors (Lipinski definition) is 2. The second-order valence-corrected chi connectivity index (χ2v) is 5.81. The van der Waals surface area contributed by atoms with E-state index in [-0.39, 0.29) is 18.1 Å². The molecule has 0 bridgehead atoms. The number of aromatic nitrogens is 1. The van der Waals surface area contributed by atoms with E-state index >= 15 is 0 Å². The summed E-state index contributed by atoms with van der Waals surface area (Å²) in [7, 11) is 4.09. The van der Waals surface area contributed by atoms with Gasteiger partial charge in [-0.3, -0.25) is 0 Å². The fraction of sp³-hybridized carbons (Fsp3) is 0.500. The van der Waals surface area contributed by atoms with Crippen molar-refractivity contribution in [1.82, 2.24) is 9.88 Å². The minimum atomic E-state index is 0.0267. The molecule has 2 N–H and O–H groups in total. The minimum absolute atomic E-state index is 0.0267. The molecule has 19 heavy (non-hydrogen) atoms. The number of aliphatic hydroxyl groups excluding tert-OH is 1. The summed E-state index contributed by atoms with van der Waals surface area (Å²) in [5.74, 6) is 0. The van der Waals surface area contributed by atoms with Crippen LogP contribution in [0, 0.1) is 5.41 Å². The zero-order chi connectivity index (χ0) is 13.5. The first-order chi connectivity index (χ1) is 9.22. The molecule has 1 saturated carbocycles. The van der Waals surface area contributed by atoms with E-state index < -0.39 is 0 Å². The Morgan fingerprint density at radius 2 is 2.11 bits per heavy atom. The Morgan fingerprint density at radius 3 is 2.68 bits per heavy atom. The molecule has 2 aromatic rings. The highest BCUT2D eigenvalue weighted by atomic mass is 16.3. The molecule has 1 aromatic carbocycles. The summed E-state index contributed by atoms with van der Waals surface area (Å²) in [5.41, 5.74) is 2.60. The lowest BCUT2D eigenvalue weighted by atomic mass is 9.63. The molecule has 0 saturated heterocycles. The summed E-state index contributed by atoms with van der Waals surface area (Å²) in [6, 6.07) is 8.73. The Bertz CT molecular complexity index is 578. The van der Waals surface area contributed by atoms with Gasteiger partial charge in [-0.15, -0.1) is 0 Å². The van der Waals surface area contributed by atoms with Gasteiger partial charge in [-0.1, -0.05) is 24.6 Å². The molecule has 1 aliphatic rings. The summed E-state index contributed by atoms with van der Waals surface area (Å²) < 4.78 is 2.18. The van der Waals surface area contributed by atoms with Gasteiger partial charge in [-0.2, -0.15) is 0 Å². The molecule has 0 aliphatic heterocycles. The van der Waals surface area contributed by atoms with Crippen molar-refractivity contribution in [2.45, 2.75) is 25.3 Å². The zero-order valence-electron chi connectivity index (χ0n) is 11.7. The van der Waals surface area contributed by atoms with Gasteiger partial charge in [0.05, 0.1) is 6.61 Å². The lowest BCUT2D eigenvalue weighted by molar-refractivity contribution is 0.00825. The first-order valence-electron chi connectivity index (χ1n) is 7.04. The molecule has 3 rings (SSSR count). The van der Waals surface area contributed by atoms with E-state index in [0.717, 1.165) is 12.8 Å². The molecule has 1 fully saturated rings. The van der Waals surface area contributed by atoms with Crippen molar-refractivity contribution in [2.75, 3.05) is 13.7 Å². The summed E-state index contributed by atoms with van der Waals surface area (Å²) in [6.07, 6.45) is 5.65. The van der Waals surface area contributed by atoms with Crippen molar-refractivity contribution in [2.24, 2.45) is 12.5 Å². The number of hydrogen-bond acceptors (Lipinski definition) is 2. The van der Waals surface area contributed by atoms with Crippen molar-refractivity contribution < 1.29 is 5.11 Å². The number of nitrogens with one attached hydrogen (secondary N) is 1. The molecule has 3 nitrogen and oxygen atoms in total. The van der Waals surface area contributed by atoms with E-state index in [1.54, 1.807) is 0 Å². The van der Waals surface area contributed by atoms with E-state index in [4.69, 9.17) is 0 Å². The maximum atomic E-state index is 9.83. The largest absolute Gasteiger partial charge is 0.396 e. The Labute approximate surface area is 114 Å². The Morgan fingerprint density at radius 1 is 1.37 bits per heavy atom. The maximum absolute atomic E-state index is 9.83. The van der Waals surface area contributed by atoms with E-state index in [2.05, 4.69) is 47.4 Å². The zero-order valence-corrected chi connectivity index (χ0v) is 11.7. The summed E-state index contributed by atoms with van der Waals surface area (Å²) in [4.78, 5) is 0. The van der Waals surface area contributed by atoms with Crippen LogP contribution in [0.15, 0.2) is 30.5 Å². The first-order valence-corrected chi connectivity index (χ1v) is 7.04. The Kier molecular flexibility index (Phi) is 3.11. The van der Waals surface area contributed by atoms with Crippen LogP contribution in [0.1, 0.15) is 30.9 Å². The standard InChI is InChI=1S/C16H22N2O/c1-17-15(16(11-19)8-5-9-16)13-10-18(2)14-7-4-3-6-12(13)14/h3-4,6-7,10,15,17,19H,5,8-9,11H2,1-2H3. The second kappa shape index (κ2) is 4.66. The van der Waals surface area contributed by atoms with E-state index in [9.17, 15) is 5.11 Å². The molecule has 1 aliphatic carbocycles. The smallest absolute Gasteiger partial charge is 0.0505 e. The van der Waals surface area contributed by atoms with Gasteiger partial charge in [0.1, 0.15) is 0 Å². The third-order valence-electron chi connectivity index (χ3n) is 4.80. The highest BCUT2D eigenvalue weighted by molar-refractivity contribution is 5.84. The molecule has 1 unspecified atom stereocenters. The number of rotatable bonds is 4. The number of para-hydroxylation sites is 1. The second-order valence-electron chi connectivity index (χ2n) is 5.81. The van der Waals surface area contributed by atoms with Gasteiger partial charge in [0.2, 0.25) is 0 Å². The fourth-order valence-electron chi connectivity index (χ4n) is 3.56. The lowest BCUT2D eigenvalue weighted by Crippen LogP contribution is -2.44. The number of nitrogens with zero attached hydrogens (tertiary/aromatic N) is 1. The average molecular weight is 258 g/mol. The van der Waals surface area contributed by atoms with Gasteiger partial charge >= 0.3 is 0 Å². The number of aryl methyl sites for hydroxylation is 1. The van der Waals surface area contributed by atoms with E-state index in [1.807, 2.05) is 7.05 Å². The number of benzene rings is 1. The van der Waals surface area contributed by atoms with E-state index in [0.29, 0.717) is 0 Å². The predicted molar refractivity (Wildman–Crippen MR) is 78.1 cm³/mol. The molecule has 1 atom stereocenters. The van der Waals surface area contributed by atoms with Crippen LogP contribution in [0.3, 0.4) is 0 Å². The highest BCUT2D eigenvalue weighted by Gasteiger charge is 2.44. The molecule has 3 heteroatoms. The van der Waals surface area contributed by atoms with Crippen molar-refractivity contribution >= 4 is 10.9 Å². The van der Waals surface area contributed by atoms with Crippen molar-refractivity contribution in [3.63, 3.8) is 0 Å². The molecule has 102 valence electrons. The molecular weight excluding hydrogens is 236 g/mol. The third-order valence-corrected chi connectivity index (χ3v) is 4.80. The van der Waals surface area contributed by atoms with Crippen LogP contribution in [0.25, 0.3) is 10.9 Å². The molecule has 0 amide bonds. The van der Waals surface area contributed by atoms with Gasteiger partial charge in [0.15, 0.2) is 0 Å². The predicted octanol–water partition coefficient (Wildman–Crippen LogP) is 2.60. The van der Waals surface area contributed by atoms with Crippen LogP contribution in [0.4, 0.5) is 0 Å². The molecular formula is C16H22N2O. The SMILES string of the molecule is CNC(c1cn(C)c2ccccc12)C1(CO)CCC1. The van der Waals surface area contributed by atoms with Gasteiger partial charge < -0.3 is 15.0 Å². The van der Waals surface area contributed by atoms with Crippen LogP contribution in [0.2, 0.25) is 0 Å². The summed E-state index contributed by atoms with van der Waals surface area (Å²) in [5, 5.41) is 14.6. The van der Waals surface area contributed by atoms with Crippen LogP contribution < -0.4 is 5.32 Å². The van der Waals surface area contributed by atoms with Crippen LogP contribution in [0.5, 0.6) is 0 Å². The van der Waals surface area contributed by atoms with Crippen molar-refractivity contribution in [3.05, 3.63) is 36.0 Å². The first kappa shape index (κ1) is 12.7. The normalized spacial score (nSPS) is 19.3. The van der Waals surface area contributed by atoms with Crippen molar-refractivity contribution in [3.8, 4) is 0 Å². The summed E-state index contributed by atoms with van der Waals surface area (Å²) >= 11 is 0. The highest BCUT2D eigenvalue weighted by Crippen LogP contribution is 2.50. The average Bonchev–Trinajstić information content (AvgIpc) is 2.72. The lowest BCUT2D eigenvalue weighted by Gasteiger charge is -2.46. The van der Waals surface area contributed by atoms with Gasteiger partial charge in [-0.05, 0) is 31.5 Å². The molecule has 1 aromatic heterocycles. The number of aliphatic hydroxyl groups is 1. The molecule has 1 heterocycles. The van der Waals surface area contributed by atoms with Crippen molar-refractivity contribution in [1.29, 1.82) is 0 Å². The van der Waals surface area contributed by atoms with Crippen LogP contribution in [-0.4, -0.2) is 23.3 Å². The fourth-order valence-corrected chi connectivity index (χ4v) is 3.56. The van der Waals surface area contributed by atoms with Gasteiger partial charge in [-0.25, -0.2) is 0 Å².